The molecule has 1 saturated heterocycles. The summed E-state index contributed by atoms with van der Waals surface area (Å²) >= 11 is 1.44. The van der Waals surface area contributed by atoms with E-state index < -0.39 is 10.0 Å². The molecule has 1 aliphatic heterocycles. The third-order valence-electron chi connectivity index (χ3n) is 4.29. The number of thiophene rings is 1. The maximum atomic E-state index is 12.7. The Kier molecular flexibility index (Phi) is 5.03. The number of ketones is 1. The molecule has 0 unspecified atom stereocenters. The van der Waals surface area contributed by atoms with Crippen molar-refractivity contribution in [3.63, 3.8) is 0 Å². The molecule has 0 bridgehead atoms. The zero-order valence-corrected chi connectivity index (χ0v) is 15.0. The first kappa shape index (κ1) is 17.1. The first-order valence-electron chi connectivity index (χ1n) is 7.74. The zero-order valence-electron chi connectivity index (χ0n) is 13.3. The maximum Gasteiger partial charge on any atom is 0.243 e. The molecule has 128 valence electrons. The second-order valence-electron chi connectivity index (χ2n) is 5.70. The van der Waals surface area contributed by atoms with Gasteiger partial charge in [0.1, 0.15) is 5.75 Å². The summed E-state index contributed by atoms with van der Waals surface area (Å²) < 4.78 is 31.9. The number of rotatable bonds is 5. The standard InChI is InChI=1S/C17H19NO4S2/c1-22-14-4-6-15(7-5-14)24(20,21)18-10-8-13(9-11-18)17(19)16-3-2-12-23-16/h2-7,12-13H,8-11H2,1H3. The fourth-order valence-electron chi connectivity index (χ4n) is 2.88. The molecule has 2 heterocycles. The molecule has 1 aromatic carbocycles. The predicted octanol–water partition coefficient (Wildman–Crippen LogP) is 3.04. The lowest BCUT2D eigenvalue weighted by molar-refractivity contribution is 0.0879. The summed E-state index contributed by atoms with van der Waals surface area (Å²) in [7, 11) is -1.98. The van der Waals surface area contributed by atoms with Crippen LogP contribution in [-0.4, -0.2) is 38.7 Å². The molecule has 0 N–H and O–H groups in total. The molecule has 1 fully saturated rings. The van der Waals surface area contributed by atoms with Gasteiger partial charge in [0.05, 0.1) is 16.9 Å². The van der Waals surface area contributed by atoms with Gasteiger partial charge in [0, 0.05) is 19.0 Å². The average Bonchev–Trinajstić information content (AvgIpc) is 3.16. The molecule has 0 spiro atoms. The highest BCUT2D eigenvalue weighted by Crippen LogP contribution is 2.28. The summed E-state index contributed by atoms with van der Waals surface area (Å²) in [4.78, 5) is 13.4. The monoisotopic (exact) mass is 365 g/mol. The van der Waals surface area contributed by atoms with Crippen molar-refractivity contribution in [2.24, 2.45) is 5.92 Å². The van der Waals surface area contributed by atoms with Gasteiger partial charge >= 0.3 is 0 Å². The van der Waals surface area contributed by atoms with Crippen molar-refractivity contribution < 1.29 is 17.9 Å². The van der Waals surface area contributed by atoms with Crippen molar-refractivity contribution in [3.8, 4) is 5.75 Å². The first-order valence-corrected chi connectivity index (χ1v) is 10.1. The molecular weight excluding hydrogens is 346 g/mol. The number of hydrogen-bond acceptors (Lipinski definition) is 5. The molecule has 7 heteroatoms. The van der Waals surface area contributed by atoms with Crippen LogP contribution >= 0.6 is 11.3 Å². The Balaban J connectivity index is 1.68. The number of piperidine rings is 1. The lowest BCUT2D eigenvalue weighted by Gasteiger charge is -2.30. The van der Waals surface area contributed by atoms with E-state index in [9.17, 15) is 13.2 Å². The number of ether oxygens (including phenoxy) is 1. The van der Waals surface area contributed by atoms with Crippen LogP contribution in [0.2, 0.25) is 0 Å². The van der Waals surface area contributed by atoms with Gasteiger partial charge in [0.15, 0.2) is 5.78 Å². The minimum Gasteiger partial charge on any atom is -0.497 e. The van der Waals surface area contributed by atoms with E-state index in [0.717, 1.165) is 4.88 Å². The fraction of sp³-hybridized carbons (Fsp3) is 0.353. The summed E-state index contributed by atoms with van der Waals surface area (Å²) in [6, 6.07) is 10.1. The fourth-order valence-corrected chi connectivity index (χ4v) is 5.09. The largest absolute Gasteiger partial charge is 0.497 e. The van der Waals surface area contributed by atoms with Gasteiger partial charge in [-0.15, -0.1) is 11.3 Å². The Bertz CT molecular complexity index is 790. The highest BCUT2D eigenvalue weighted by molar-refractivity contribution is 7.89. The van der Waals surface area contributed by atoms with Gasteiger partial charge in [-0.3, -0.25) is 4.79 Å². The molecule has 0 amide bonds. The van der Waals surface area contributed by atoms with Crippen LogP contribution in [0.1, 0.15) is 22.5 Å². The first-order chi connectivity index (χ1) is 11.5. The molecule has 1 aromatic heterocycles. The Hall–Kier alpha value is -1.70. The summed E-state index contributed by atoms with van der Waals surface area (Å²) in [5.41, 5.74) is 0. The molecule has 0 atom stereocenters. The van der Waals surface area contributed by atoms with Crippen LogP contribution in [0.3, 0.4) is 0 Å². The van der Waals surface area contributed by atoms with E-state index in [1.165, 1.54) is 15.6 Å². The van der Waals surface area contributed by atoms with Gasteiger partial charge < -0.3 is 4.74 Å². The number of carbonyl (C=O) groups is 1. The van der Waals surface area contributed by atoms with Crippen molar-refractivity contribution in [1.82, 2.24) is 4.31 Å². The van der Waals surface area contributed by atoms with E-state index in [1.807, 2.05) is 17.5 Å². The summed E-state index contributed by atoms with van der Waals surface area (Å²) in [5, 5.41) is 1.89. The number of Topliss-reactive ketones (excluding diaryl/α,β-unsaturated/α-hetero) is 1. The van der Waals surface area contributed by atoms with E-state index in [2.05, 4.69) is 0 Å². The summed E-state index contributed by atoms with van der Waals surface area (Å²) in [6.45, 7) is 0.742. The molecule has 3 rings (SSSR count). The quantitative estimate of drug-likeness (QED) is 0.764. The van der Waals surface area contributed by atoms with E-state index in [4.69, 9.17) is 4.74 Å². The number of nitrogens with zero attached hydrogens (tertiary/aromatic N) is 1. The van der Waals surface area contributed by atoms with Crippen LogP contribution in [0.5, 0.6) is 5.75 Å². The lowest BCUT2D eigenvalue weighted by Crippen LogP contribution is -2.40. The number of methoxy groups -OCH3 is 1. The smallest absolute Gasteiger partial charge is 0.243 e. The van der Waals surface area contributed by atoms with Crippen molar-refractivity contribution in [2.75, 3.05) is 20.2 Å². The Morgan fingerprint density at radius 1 is 1.17 bits per heavy atom. The van der Waals surface area contributed by atoms with Crippen molar-refractivity contribution in [2.45, 2.75) is 17.7 Å². The van der Waals surface area contributed by atoms with E-state index in [0.29, 0.717) is 31.7 Å². The van der Waals surface area contributed by atoms with Gasteiger partial charge in [-0.1, -0.05) is 6.07 Å². The minimum atomic E-state index is -3.52. The summed E-state index contributed by atoms with van der Waals surface area (Å²) in [6.07, 6.45) is 1.12. The van der Waals surface area contributed by atoms with E-state index >= 15 is 0 Å². The van der Waals surface area contributed by atoms with Crippen LogP contribution in [0.4, 0.5) is 0 Å². The lowest BCUT2D eigenvalue weighted by atomic mass is 9.93. The van der Waals surface area contributed by atoms with Gasteiger partial charge in [-0.2, -0.15) is 4.31 Å². The molecule has 24 heavy (non-hydrogen) atoms. The molecule has 0 aliphatic carbocycles. The average molecular weight is 365 g/mol. The second-order valence-corrected chi connectivity index (χ2v) is 8.58. The van der Waals surface area contributed by atoms with Crippen LogP contribution in [0, 0.1) is 5.92 Å². The molecule has 0 saturated carbocycles. The highest BCUT2D eigenvalue weighted by atomic mass is 32.2. The zero-order chi connectivity index (χ0) is 17.2. The van der Waals surface area contributed by atoms with Gasteiger partial charge in [0.2, 0.25) is 10.0 Å². The number of carbonyl (C=O) groups excluding carboxylic acids is 1. The normalized spacial score (nSPS) is 16.9. The minimum absolute atomic E-state index is 0.0917. The molecular formula is C17H19NO4S2. The second kappa shape index (κ2) is 7.04. The van der Waals surface area contributed by atoms with E-state index in [1.54, 1.807) is 31.4 Å². The molecule has 0 radical (unpaired) electrons. The van der Waals surface area contributed by atoms with Crippen molar-refractivity contribution in [3.05, 3.63) is 46.7 Å². The SMILES string of the molecule is COc1ccc(S(=O)(=O)N2CCC(C(=O)c3cccs3)CC2)cc1. The van der Waals surface area contributed by atoms with Crippen molar-refractivity contribution in [1.29, 1.82) is 0 Å². The Morgan fingerprint density at radius 2 is 1.83 bits per heavy atom. The molecule has 5 nitrogen and oxygen atoms in total. The Labute approximate surface area is 145 Å². The predicted molar refractivity (Wildman–Crippen MR) is 93.1 cm³/mol. The maximum absolute atomic E-state index is 12.7. The highest BCUT2D eigenvalue weighted by Gasteiger charge is 2.32. The van der Waals surface area contributed by atoms with Gasteiger partial charge in [-0.25, -0.2) is 8.42 Å². The summed E-state index contributed by atoms with van der Waals surface area (Å²) in [5.74, 6) is 0.659. The third kappa shape index (κ3) is 3.38. The molecule has 2 aromatic rings. The van der Waals surface area contributed by atoms with Crippen LogP contribution < -0.4 is 4.74 Å². The number of benzene rings is 1. The Morgan fingerprint density at radius 3 is 2.38 bits per heavy atom. The van der Waals surface area contributed by atoms with Gasteiger partial charge in [-0.05, 0) is 48.6 Å². The van der Waals surface area contributed by atoms with Crippen LogP contribution in [0.25, 0.3) is 0 Å². The van der Waals surface area contributed by atoms with Crippen LogP contribution in [0.15, 0.2) is 46.7 Å². The van der Waals surface area contributed by atoms with Gasteiger partial charge in [0.25, 0.3) is 0 Å². The topological polar surface area (TPSA) is 63.7 Å². The molecule has 1 aliphatic rings. The third-order valence-corrected chi connectivity index (χ3v) is 7.08. The number of hydrogen-bond donors (Lipinski definition) is 0. The van der Waals surface area contributed by atoms with Crippen molar-refractivity contribution >= 4 is 27.1 Å². The number of sulfonamides is 1. The van der Waals surface area contributed by atoms with E-state index in [-0.39, 0.29) is 16.6 Å². The van der Waals surface area contributed by atoms with Crippen LogP contribution in [-0.2, 0) is 10.0 Å².